The van der Waals surface area contributed by atoms with Crippen LogP contribution in [-0.2, 0) is 31.8 Å². The zero-order chi connectivity index (χ0) is 15.8. The van der Waals surface area contributed by atoms with Gasteiger partial charge in [0.15, 0.2) is 19.7 Å². The normalized spacial score (nSPS) is 21.7. The van der Waals surface area contributed by atoms with E-state index in [-0.39, 0.29) is 23.3 Å². The van der Waals surface area contributed by atoms with Crippen LogP contribution in [0.25, 0.3) is 0 Å². The van der Waals surface area contributed by atoms with Gasteiger partial charge in [-0.3, -0.25) is 0 Å². The van der Waals surface area contributed by atoms with Gasteiger partial charge in [-0.25, -0.2) is 21.5 Å². The third-order valence-corrected chi connectivity index (χ3v) is 6.13. The molecular formula is C12H21N3O4S2. The van der Waals surface area contributed by atoms with E-state index in [9.17, 15) is 16.8 Å². The van der Waals surface area contributed by atoms with Crippen LogP contribution in [-0.4, -0.2) is 44.4 Å². The molecule has 2 heterocycles. The Morgan fingerprint density at radius 2 is 2.10 bits per heavy atom. The minimum atomic E-state index is -3.22. The number of aromatic nitrogens is 2. The van der Waals surface area contributed by atoms with Crippen LogP contribution < -0.4 is 5.73 Å². The quantitative estimate of drug-likeness (QED) is 0.829. The second kappa shape index (κ2) is 5.60. The first-order chi connectivity index (χ1) is 9.63. The van der Waals surface area contributed by atoms with Crippen molar-refractivity contribution < 1.29 is 16.8 Å². The second-order valence-corrected chi connectivity index (χ2v) is 10.0. The van der Waals surface area contributed by atoms with Crippen molar-refractivity contribution in [2.45, 2.75) is 38.0 Å². The van der Waals surface area contributed by atoms with Gasteiger partial charge in [-0.2, -0.15) is 5.10 Å². The van der Waals surface area contributed by atoms with E-state index in [1.54, 1.807) is 0 Å². The first-order valence-corrected chi connectivity index (χ1v) is 10.7. The molecule has 120 valence electrons. The van der Waals surface area contributed by atoms with Crippen LogP contribution in [0.5, 0.6) is 0 Å². The summed E-state index contributed by atoms with van der Waals surface area (Å²) in [5.41, 5.74) is 7.26. The fourth-order valence-electron chi connectivity index (χ4n) is 2.66. The molecule has 1 atom stereocenters. The standard InChI is InChI=1S/C12H21N3O4S2/c1-3-4-10-11(8-20(2,16)17)14-15(12(10)13)9-5-6-21(18,19)7-9/h9H,3-8,13H2,1-2H3. The summed E-state index contributed by atoms with van der Waals surface area (Å²) in [7, 11) is -6.26. The Balaban J connectivity index is 2.41. The molecule has 2 N–H and O–H groups in total. The number of nitrogens with two attached hydrogens (primary N) is 1. The van der Waals surface area contributed by atoms with Gasteiger partial charge < -0.3 is 5.73 Å². The molecule has 21 heavy (non-hydrogen) atoms. The molecule has 2 rings (SSSR count). The molecule has 1 aromatic heterocycles. The van der Waals surface area contributed by atoms with Crippen molar-refractivity contribution in [1.82, 2.24) is 9.78 Å². The number of hydrogen-bond acceptors (Lipinski definition) is 6. The van der Waals surface area contributed by atoms with Gasteiger partial charge in [-0.15, -0.1) is 0 Å². The van der Waals surface area contributed by atoms with E-state index in [2.05, 4.69) is 5.10 Å². The van der Waals surface area contributed by atoms with E-state index in [4.69, 9.17) is 5.73 Å². The fourth-order valence-corrected chi connectivity index (χ4v) is 5.08. The highest BCUT2D eigenvalue weighted by Gasteiger charge is 2.32. The largest absolute Gasteiger partial charge is 0.384 e. The number of anilines is 1. The van der Waals surface area contributed by atoms with Crippen LogP contribution in [0.2, 0.25) is 0 Å². The van der Waals surface area contributed by atoms with Crippen molar-refractivity contribution in [3.63, 3.8) is 0 Å². The SMILES string of the molecule is CCCc1c(CS(C)(=O)=O)nn(C2CCS(=O)(=O)C2)c1N. The number of sulfone groups is 2. The molecule has 1 fully saturated rings. The molecule has 0 saturated carbocycles. The average Bonchev–Trinajstić information content (AvgIpc) is 2.81. The lowest BCUT2D eigenvalue weighted by molar-refractivity contribution is 0.503. The molecule has 0 aromatic carbocycles. The van der Waals surface area contributed by atoms with Crippen molar-refractivity contribution >= 4 is 25.5 Å². The van der Waals surface area contributed by atoms with E-state index >= 15 is 0 Å². The van der Waals surface area contributed by atoms with Crippen LogP contribution in [0, 0.1) is 0 Å². The molecule has 0 radical (unpaired) electrons. The lowest BCUT2D eigenvalue weighted by atomic mass is 10.1. The van der Waals surface area contributed by atoms with Crippen molar-refractivity contribution in [3.05, 3.63) is 11.3 Å². The van der Waals surface area contributed by atoms with E-state index in [1.807, 2.05) is 6.92 Å². The predicted molar refractivity (Wildman–Crippen MR) is 81.5 cm³/mol. The molecule has 0 spiro atoms. The van der Waals surface area contributed by atoms with E-state index in [0.29, 0.717) is 24.4 Å². The van der Waals surface area contributed by atoms with Gasteiger partial charge in [-0.1, -0.05) is 13.3 Å². The number of nitrogens with zero attached hydrogens (tertiary/aromatic N) is 2. The minimum absolute atomic E-state index is 0.0166. The van der Waals surface area contributed by atoms with Crippen molar-refractivity contribution in [2.75, 3.05) is 23.5 Å². The topological polar surface area (TPSA) is 112 Å². The van der Waals surface area contributed by atoms with Gasteiger partial charge >= 0.3 is 0 Å². The molecule has 9 heteroatoms. The van der Waals surface area contributed by atoms with Gasteiger partial charge in [0.1, 0.15) is 5.82 Å². The molecule has 1 saturated heterocycles. The van der Waals surface area contributed by atoms with E-state index < -0.39 is 19.7 Å². The van der Waals surface area contributed by atoms with E-state index in [0.717, 1.165) is 18.2 Å². The van der Waals surface area contributed by atoms with Crippen molar-refractivity contribution in [2.24, 2.45) is 0 Å². The molecule has 7 nitrogen and oxygen atoms in total. The molecule has 1 aromatic rings. The van der Waals surface area contributed by atoms with Crippen molar-refractivity contribution in [1.29, 1.82) is 0 Å². The maximum atomic E-state index is 11.6. The summed E-state index contributed by atoms with van der Waals surface area (Å²) >= 11 is 0. The van der Waals surface area contributed by atoms with Gasteiger partial charge in [0, 0.05) is 11.8 Å². The Morgan fingerprint density at radius 3 is 2.57 bits per heavy atom. The molecular weight excluding hydrogens is 314 g/mol. The third-order valence-electron chi connectivity index (χ3n) is 3.59. The average molecular weight is 335 g/mol. The smallest absolute Gasteiger partial charge is 0.153 e. The Bertz CT molecular complexity index is 735. The summed E-state index contributed by atoms with van der Waals surface area (Å²) in [5.74, 6) is 0.376. The first-order valence-electron chi connectivity index (χ1n) is 6.87. The highest BCUT2D eigenvalue weighted by atomic mass is 32.2. The summed E-state index contributed by atoms with van der Waals surface area (Å²) in [4.78, 5) is 0. The zero-order valence-electron chi connectivity index (χ0n) is 12.2. The Labute approximate surface area is 125 Å². The summed E-state index contributed by atoms with van der Waals surface area (Å²) in [5, 5.41) is 4.31. The zero-order valence-corrected chi connectivity index (χ0v) is 13.9. The van der Waals surface area contributed by atoms with Crippen LogP contribution in [0.4, 0.5) is 5.82 Å². The monoisotopic (exact) mass is 335 g/mol. The second-order valence-electron chi connectivity index (χ2n) is 5.63. The molecule has 0 bridgehead atoms. The number of rotatable bonds is 5. The number of nitrogen functional groups attached to an aromatic ring is 1. The van der Waals surface area contributed by atoms with Gasteiger partial charge in [-0.05, 0) is 12.8 Å². The highest BCUT2D eigenvalue weighted by molar-refractivity contribution is 7.91. The van der Waals surface area contributed by atoms with Crippen molar-refractivity contribution in [3.8, 4) is 0 Å². The van der Waals surface area contributed by atoms with Crippen LogP contribution in [0.1, 0.15) is 37.1 Å². The molecule has 1 aliphatic rings. The maximum absolute atomic E-state index is 11.6. The first kappa shape index (κ1) is 16.3. The van der Waals surface area contributed by atoms with E-state index in [1.165, 1.54) is 4.68 Å². The lowest BCUT2D eigenvalue weighted by Gasteiger charge is -2.10. The van der Waals surface area contributed by atoms with Gasteiger partial charge in [0.25, 0.3) is 0 Å². The van der Waals surface area contributed by atoms with Gasteiger partial charge in [0.2, 0.25) is 0 Å². The summed E-state index contributed by atoms with van der Waals surface area (Å²) in [6, 6.07) is -0.293. The van der Waals surface area contributed by atoms with Crippen LogP contribution in [0.3, 0.4) is 0 Å². The summed E-state index contributed by atoms with van der Waals surface area (Å²) in [6.45, 7) is 1.97. The number of hydrogen-bond donors (Lipinski definition) is 1. The maximum Gasteiger partial charge on any atom is 0.153 e. The third kappa shape index (κ3) is 3.76. The summed E-state index contributed by atoms with van der Waals surface area (Å²) < 4.78 is 47.7. The molecule has 1 unspecified atom stereocenters. The van der Waals surface area contributed by atoms with Gasteiger partial charge in [0.05, 0.1) is 29.0 Å². The summed E-state index contributed by atoms with van der Waals surface area (Å²) in [6.07, 6.45) is 3.07. The van der Waals surface area contributed by atoms with Crippen LogP contribution >= 0.6 is 0 Å². The van der Waals surface area contributed by atoms with Crippen LogP contribution in [0.15, 0.2) is 0 Å². The Morgan fingerprint density at radius 1 is 1.43 bits per heavy atom. The predicted octanol–water partition coefficient (Wildman–Crippen LogP) is 0.322. The Hall–Kier alpha value is -1.09. The minimum Gasteiger partial charge on any atom is -0.384 e. The highest BCUT2D eigenvalue weighted by Crippen LogP contribution is 2.29. The fraction of sp³-hybridized carbons (Fsp3) is 0.750. The molecule has 0 aliphatic carbocycles. The molecule has 0 amide bonds. The lowest BCUT2D eigenvalue weighted by Crippen LogP contribution is -2.15. The Kier molecular flexibility index (Phi) is 4.34. The molecule has 1 aliphatic heterocycles.